The Hall–Kier alpha value is -2.37. The van der Waals surface area contributed by atoms with Crippen LogP contribution in [-0.2, 0) is 16.1 Å². The molecule has 0 bridgehead atoms. The molecule has 6 heteroatoms. The Balaban J connectivity index is 1.60. The summed E-state index contributed by atoms with van der Waals surface area (Å²) in [6, 6.07) is 8.24. The molecule has 0 saturated carbocycles. The van der Waals surface area contributed by atoms with Gasteiger partial charge < -0.3 is 14.4 Å². The molecule has 162 valence electrons. The van der Waals surface area contributed by atoms with E-state index < -0.39 is 0 Å². The summed E-state index contributed by atoms with van der Waals surface area (Å²) in [5, 5.41) is 0. The van der Waals surface area contributed by atoms with Crippen molar-refractivity contribution in [1.29, 1.82) is 0 Å². The van der Waals surface area contributed by atoms with Crippen LogP contribution in [0.2, 0.25) is 0 Å². The van der Waals surface area contributed by atoms with Crippen LogP contribution in [0.15, 0.2) is 24.3 Å². The fourth-order valence-electron chi connectivity index (χ4n) is 4.99. The largest absolute Gasteiger partial charge is 0.342 e. The van der Waals surface area contributed by atoms with Crippen molar-refractivity contribution >= 4 is 22.8 Å². The van der Waals surface area contributed by atoms with Crippen molar-refractivity contribution in [2.75, 3.05) is 19.6 Å². The van der Waals surface area contributed by atoms with Crippen LogP contribution in [0.3, 0.4) is 0 Å². The summed E-state index contributed by atoms with van der Waals surface area (Å²) in [4.78, 5) is 34.7. The maximum absolute atomic E-state index is 13.5. The molecule has 2 saturated heterocycles. The number of likely N-dealkylation sites (tertiary alicyclic amines) is 2. The summed E-state index contributed by atoms with van der Waals surface area (Å²) in [5.74, 6) is 1.92. The minimum absolute atomic E-state index is 0.00194. The van der Waals surface area contributed by atoms with E-state index >= 15 is 0 Å². The lowest BCUT2D eigenvalue weighted by Crippen LogP contribution is -2.38. The molecule has 0 radical (unpaired) electrons. The van der Waals surface area contributed by atoms with E-state index in [1.54, 1.807) is 0 Å². The summed E-state index contributed by atoms with van der Waals surface area (Å²) < 4.78 is 2.31. The molecule has 2 aliphatic rings. The van der Waals surface area contributed by atoms with Crippen LogP contribution in [-0.4, -0.2) is 50.8 Å². The molecule has 2 aliphatic heterocycles. The smallest absolute Gasteiger partial charge is 0.228 e. The number of carbonyl (C=O) groups is 2. The van der Waals surface area contributed by atoms with Crippen molar-refractivity contribution in [3.63, 3.8) is 0 Å². The van der Waals surface area contributed by atoms with E-state index in [1.165, 1.54) is 0 Å². The second-order valence-electron chi connectivity index (χ2n) is 9.75. The van der Waals surface area contributed by atoms with Crippen molar-refractivity contribution in [1.82, 2.24) is 19.4 Å². The summed E-state index contributed by atoms with van der Waals surface area (Å²) in [6.45, 7) is 11.6. The summed E-state index contributed by atoms with van der Waals surface area (Å²) in [7, 11) is 0. The number of benzene rings is 1. The van der Waals surface area contributed by atoms with Crippen molar-refractivity contribution in [3.8, 4) is 0 Å². The number of para-hydroxylation sites is 2. The molecule has 4 rings (SSSR count). The molecule has 2 atom stereocenters. The number of rotatable bonds is 6. The summed E-state index contributed by atoms with van der Waals surface area (Å²) >= 11 is 0. The van der Waals surface area contributed by atoms with E-state index in [0.29, 0.717) is 24.8 Å². The van der Waals surface area contributed by atoms with Crippen molar-refractivity contribution in [2.24, 2.45) is 17.8 Å². The average molecular weight is 411 g/mol. The highest BCUT2D eigenvalue weighted by Crippen LogP contribution is 2.36. The fourth-order valence-corrected chi connectivity index (χ4v) is 4.99. The number of hydrogen-bond donors (Lipinski definition) is 0. The van der Waals surface area contributed by atoms with Gasteiger partial charge in [0.05, 0.1) is 23.0 Å². The number of imidazole rings is 1. The number of amides is 2. The molecule has 2 aromatic rings. The Labute approximate surface area is 179 Å². The molecular formula is C24H34N4O2. The number of carbonyl (C=O) groups excluding carboxylic acids is 2. The molecule has 2 amide bonds. The summed E-state index contributed by atoms with van der Waals surface area (Å²) in [5.41, 5.74) is 2.13. The molecule has 3 heterocycles. The molecule has 2 fully saturated rings. The van der Waals surface area contributed by atoms with Gasteiger partial charge in [-0.15, -0.1) is 0 Å². The minimum atomic E-state index is -0.222. The van der Waals surface area contributed by atoms with E-state index in [9.17, 15) is 9.59 Å². The lowest BCUT2D eigenvalue weighted by molar-refractivity contribution is -0.137. The van der Waals surface area contributed by atoms with Crippen LogP contribution in [0.1, 0.15) is 58.8 Å². The zero-order chi connectivity index (χ0) is 21.4. The van der Waals surface area contributed by atoms with E-state index in [2.05, 4.69) is 50.5 Å². The molecule has 6 nitrogen and oxygen atoms in total. The highest BCUT2D eigenvalue weighted by Gasteiger charge is 2.41. The molecule has 0 unspecified atom stereocenters. The van der Waals surface area contributed by atoms with Gasteiger partial charge in [0.15, 0.2) is 0 Å². The lowest BCUT2D eigenvalue weighted by atomic mass is 10.1. The normalized spacial score (nSPS) is 22.3. The number of fused-ring (bicyclic) bond motifs is 1. The van der Waals surface area contributed by atoms with E-state index in [4.69, 9.17) is 4.98 Å². The topological polar surface area (TPSA) is 58.4 Å². The van der Waals surface area contributed by atoms with Gasteiger partial charge >= 0.3 is 0 Å². The second kappa shape index (κ2) is 8.40. The van der Waals surface area contributed by atoms with Crippen LogP contribution in [0.25, 0.3) is 11.0 Å². The van der Waals surface area contributed by atoms with Crippen LogP contribution in [0.5, 0.6) is 0 Å². The first-order valence-electron chi connectivity index (χ1n) is 11.4. The first-order valence-corrected chi connectivity index (χ1v) is 11.4. The third kappa shape index (κ3) is 3.96. The van der Waals surface area contributed by atoms with Crippen LogP contribution >= 0.6 is 0 Å². The Morgan fingerprint density at radius 1 is 1.13 bits per heavy atom. The molecule has 0 aliphatic carbocycles. The first-order chi connectivity index (χ1) is 14.3. The number of hydrogen-bond acceptors (Lipinski definition) is 3. The third-order valence-electron chi connectivity index (χ3n) is 6.21. The van der Waals surface area contributed by atoms with Crippen molar-refractivity contribution < 1.29 is 9.59 Å². The SMILES string of the molecule is CC(C)CN1C[C@@H](C(=O)N2CCC[C@H]2c2nc3ccccc3n2CC(C)C)CC1=O. The Bertz CT molecular complexity index is 932. The predicted octanol–water partition coefficient (Wildman–Crippen LogP) is 3.86. The van der Waals surface area contributed by atoms with Gasteiger partial charge in [-0.05, 0) is 36.8 Å². The molecule has 1 aromatic carbocycles. The van der Waals surface area contributed by atoms with Crippen molar-refractivity contribution in [2.45, 2.75) is 59.5 Å². The Morgan fingerprint density at radius 3 is 2.60 bits per heavy atom. The van der Waals surface area contributed by atoms with Gasteiger partial charge in [-0.3, -0.25) is 9.59 Å². The van der Waals surface area contributed by atoms with E-state index in [1.807, 2.05) is 15.9 Å². The van der Waals surface area contributed by atoms with Crippen LogP contribution < -0.4 is 0 Å². The van der Waals surface area contributed by atoms with Gasteiger partial charge in [0.25, 0.3) is 0 Å². The standard InChI is InChI=1S/C24H34N4O2/c1-16(2)13-26-15-18(12-22(26)29)24(30)27-11-7-10-21(27)23-25-19-8-5-6-9-20(19)28(23)14-17(3)4/h5-6,8-9,16-18,21H,7,10-15H2,1-4H3/t18-,21-/m0/s1. The number of aromatic nitrogens is 2. The van der Waals surface area contributed by atoms with Gasteiger partial charge in [-0.25, -0.2) is 4.98 Å². The fraction of sp³-hybridized carbons (Fsp3) is 0.625. The highest BCUT2D eigenvalue weighted by molar-refractivity contribution is 5.89. The zero-order valence-electron chi connectivity index (χ0n) is 18.7. The van der Waals surface area contributed by atoms with Gasteiger partial charge in [-0.2, -0.15) is 0 Å². The van der Waals surface area contributed by atoms with E-state index in [-0.39, 0.29) is 23.8 Å². The quantitative estimate of drug-likeness (QED) is 0.727. The third-order valence-corrected chi connectivity index (χ3v) is 6.21. The maximum Gasteiger partial charge on any atom is 0.228 e. The second-order valence-corrected chi connectivity index (χ2v) is 9.75. The highest BCUT2D eigenvalue weighted by atomic mass is 16.2. The zero-order valence-corrected chi connectivity index (χ0v) is 18.7. The summed E-state index contributed by atoms with van der Waals surface area (Å²) in [6.07, 6.45) is 2.26. The lowest BCUT2D eigenvalue weighted by Gasteiger charge is -2.28. The van der Waals surface area contributed by atoms with Crippen molar-refractivity contribution in [3.05, 3.63) is 30.1 Å². The average Bonchev–Trinajstić information content (AvgIpc) is 3.39. The minimum Gasteiger partial charge on any atom is -0.342 e. The predicted molar refractivity (Wildman–Crippen MR) is 118 cm³/mol. The van der Waals surface area contributed by atoms with Gasteiger partial charge in [0.2, 0.25) is 11.8 Å². The first kappa shape index (κ1) is 20.9. The Morgan fingerprint density at radius 2 is 1.87 bits per heavy atom. The molecule has 0 spiro atoms. The van der Waals surface area contributed by atoms with Gasteiger partial charge in [0, 0.05) is 32.6 Å². The van der Waals surface area contributed by atoms with Gasteiger partial charge in [-0.1, -0.05) is 39.8 Å². The van der Waals surface area contributed by atoms with Crippen LogP contribution in [0, 0.1) is 17.8 Å². The van der Waals surface area contributed by atoms with E-state index in [0.717, 1.165) is 49.3 Å². The molecule has 1 aromatic heterocycles. The monoisotopic (exact) mass is 410 g/mol. The molecule has 30 heavy (non-hydrogen) atoms. The maximum atomic E-state index is 13.5. The van der Waals surface area contributed by atoms with Gasteiger partial charge in [0.1, 0.15) is 5.82 Å². The number of nitrogens with zero attached hydrogens (tertiary/aromatic N) is 4. The van der Waals surface area contributed by atoms with Crippen LogP contribution in [0.4, 0.5) is 0 Å². The molecule has 0 N–H and O–H groups in total. The molecular weight excluding hydrogens is 376 g/mol. The Kier molecular flexibility index (Phi) is 5.85.